The molecule has 0 radical (unpaired) electrons. The third-order valence-electron chi connectivity index (χ3n) is 3.20. The predicted molar refractivity (Wildman–Crippen MR) is 90.2 cm³/mol. The summed E-state index contributed by atoms with van der Waals surface area (Å²) in [4.78, 5) is 16.7. The van der Waals surface area contributed by atoms with Crippen LogP contribution >= 0.6 is 11.8 Å². The van der Waals surface area contributed by atoms with Gasteiger partial charge in [0.25, 0.3) is 0 Å². The minimum atomic E-state index is 0.638. The first kappa shape index (κ1) is 14.3. The largest absolute Gasteiger partial charge is 0.240 e. The third kappa shape index (κ3) is 3.34. The Morgan fingerprint density at radius 3 is 2.14 bits per heavy atom. The Balaban J connectivity index is 2.02. The van der Waals surface area contributed by atoms with Crippen molar-refractivity contribution in [2.75, 3.05) is 0 Å². The molecular weight excluding hydrogens is 290 g/mol. The molecule has 0 saturated carbocycles. The van der Waals surface area contributed by atoms with E-state index in [4.69, 9.17) is 0 Å². The summed E-state index contributed by atoms with van der Waals surface area (Å²) in [6.07, 6.45) is 1.63. The molecule has 0 heterocycles. The first-order valence-electron chi connectivity index (χ1n) is 6.87. The molecule has 0 atom stereocenters. The van der Waals surface area contributed by atoms with E-state index in [0.29, 0.717) is 5.69 Å². The molecule has 0 aliphatic carbocycles. The molecule has 0 saturated heterocycles. The monoisotopic (exact) mass is 303 g/mol. The average molecular weight is 303 g/mol. The van der Waals surface area contributed by atoms with Gasteiger partial charge in [0.05, 0.1) is 5.69 Å². The Bertz CT molecular complexity index is 809. The van der Waals surface area contributed by atoms with Gasteiger partial charge in [0.1, 0.15) is 0 Å². The van der Waals surface area contributed by atoms with Crippen LogP contribution < -0.4 is 0 Å². The van der Waals surface area contributed by atoms with Crippen molar-refractivity contribution in [1.82, 2.24) is 0 Å². The number of carbonyl (C=O) groups excluding carboxylic acids is 1. The highest BCUT2D eigenvalue weighted by Gasteiger charge is 2.07. The van der Waals surface area contributed by atoms with Crippen LogP contribution in [0.5, 0.6) is 0 Å². The molecule has 22 heavy (non-hydrogen) atoms. The Morgan fingerprint density at radius 1 is 0.773 bits per heavy atom. The van der Waals surface area contributed by atoms with E-state index in [0.717, 1.165) is 16.0 Å². The topological polar surface area (TPSA) is 29.4 Å². The van der Waals surface area contributed by atoms with Crippen LogP contribution in [0.4, 0.5) is 5.69 Å². The van der Waals surface area contributed by atoms with Crippen molar-refractivity contribution >= 4 is 23.5 Å². The lowest BCUT2D eigenvalue weighted by Crippen LogP contribution is -1.81. The van der Waals surface area contributed by atoms with Gasteiger partial charge >= 0.3 is 0 Å². The van der Waals surface area contributed by atoms with E-state index >= 15 is 0 Å². The smallest absolute Gasteiger partial charge is 0.211 e. The Hall–Kier alpha value is -2.61. The minimum Gasteiger partial charge on any atom is -0.211 e. The van der Waals surface area contributed by atoms with Gasteiger partial charge < -0.3 is 0 Å². The first-order chi connectivity index (χ1) is 10.9. The van der Waals surface area contributed by atoms with Crippen molar-refractivity contribution < 1.29 is 4.79 Å². The zero-order chi connectivity index (χ0) is 15.2. The van der Waals surface area contributed by atoms with Gasteiger partial charge in [0.2, 0.25) is 6.08 Å². The van der Waals surface area contributed by atoms with E-state index < -0.39 is 0 Å². The van der Waals surface area contributed by atoms with Gasteiger partial charge in [0.15, 0.2) is 0 Å². The van der Waals surface area contributed by atoms with E-state index in [-0.39, 0.29) is 0 Å². The number of rotatable bonds is 4. The summed E-state index contributed by atoms with van der Waals surface area (Å²) in [6.45, 7) is 0. The van der Waals surface area contributed by atoms with Crippen LogP contribution in [0.25, 0.3) is 11.1 Å². The molecule has 3 aromatic rings. The lowest BCUT2D eigenvalue weighted by molar-refractivity contribution is 0.565. The second kappa shape index (κ2) is 6.90. The molecule has 0 aliphatic rings. The maximum Gasteiger partial charge on any atom is 0.240 e. The highest BCUT2D eigenvalue weighted by molar-refractivity contribution is 7.99. The summed E-state index contributed by atoms with van der Waals surface area (Å²) in [5, 5.41) is 0. The zero-order valence-electron chi connectivity index (χ0n) is 11.8. The molecule has 3 aromatic carbocycles. The van der Waals surface area contributed by atoms with Crippen molar-refractivity contribution in [2.24, 2.45) is 4.99 Å². The van der Waals surface area contributed by atoms with Crippen LogP contribution in [0.2, 0.25) is 0 Å². The second-order valence-electron chi connectivity index (χ2n) is 4.66. The molecule has 0 bridgehead atoms. The van der Waals surface area contributed by atoms with E-state index in [1.807, 2.05) is 60.7 Å². The maximum absolute atomic E-state index is 10.6. The predicted octanol–water partition coefficient (Wildman–Crippen LogP) is 5.47. The quantitative estimate of drug-likeness (QED) is 0.472. The van der Waals surface area contributed by atoms with Crippen LogP contribution in [-0.4, -0.2) is 6.08 Å². The fourth-order valence-electron chi connectivity index (χ4n) is 2.20. The fraction of sp³-hybridized carbons (Fsp3) is 0. The summed E-state index contributed by atoms with van der Waals surface area (Å²) in [5.74, 6) is 0. The summed E-state index contributed by atoms with van der Waals surface area (Å²) in [5.41, 5.74) is 2.61. The van der Waals surface area contributed by atoms with E-state index in [9.17, 15) is 4.79 Å². The molecule has 0 N–H and O–H groups in total. The van der Waals surface area contributed by atoms with Crippen molar-refractivity contribution in [3.8, 4) is 11.1 Å². The molecule has 106 valence electrons. The Morgan fingerprint density at radius 2 is 1.45 bits per heavy atom. The highest BCUT2D eigenvalue weighted by Crippen LogP contribution is 2.36. The highest BCUT2D eigenvalue weighted by atomic mass is 32.2. The van der Waals surface area contributed by atoms with Gasteiger partial charge in [-0.25, -0.2) is 4.79 Å². The lowest BCUT2D eigenvalue weighted by atomic mass is 10.0. The lowest BCUT2D eigenvalue weighted by Gasteiger charge is -2.08. The molecule has 0 aromatic heterocycles. The maximum atomic E-state index is 10.6. The SMILES string of the molecule is O=C=Nc1ccc(Sc2ccccc2)cc1-c1ccccc1. The third-order valence-corrected chi connectivity index (χ3v) is 4.20. The number of hydrogen-bond donors (Lipinski definition) is 0. The van der Waals surface area contributed by atoms with E-state index in [2.05, 4.69) is 23.2 Å². The van der Waals surface area contributed by atoms with Crippen LogP contribution in [0.3, 0.4) is 0 Å². The summed E-state index contributed by atoms with van der Waals surface area (Å²) in [7, 11) is 0. The molecular formula is C19H13NOS. The van der Waals surface area contributed by atoms with Crippen molar-refractivity contribution in [3.63, 3.8) is 0 Å². The standard InChI is InChI=1S/C19H13NOS/c21-14-20-19-12-11-17(22-16-9-5-2-6-10-16)13-18(19)15-7-3-1-4-8-15/h1-13H. The number of benzene rings is 3. The van der Waals surface area contributed by atoms with Crippen LogP contribution in [0.15, 0.2) is 93.6 Å². The minimum absolute atomic E-state index is 0.638. The van der Waals surface area contributed by atoms with Crippen LogP contribution in [-0.2, 0) is 4.79 Å². The van der Waals surface area contributed by atoms with E-state index in [1.165, 1.54) is 4.90 Å². The number of isocyanates is 1. The number of nitrogens with zero attached hydrogens (tertiary/aromatic N) is 1. The van der Waals surface area contributed by atoms with Crippen LogP contribution in [0, 0.1) is 0 Å². The summed E-state index contributed by atoms with van der Waals surface area (Å²) < 4.78 is 0. The molecule has 3 rings (SSSR count). The van der Waals surface area contributed by atoms with Crippen molar-refractivity contribution in [2.45, 2.75) is 9.79 Å². The van der Waals surface area contributed by atoms with Gasteiger partial charge in [-0.1, -0.05) is 60.3 Å². The molecule has 0 fully saturated rings. The Labute approximate surface area is 133 Å². The number of hydrogen-bond acceptors (Lipinski definition) is 3. The van der Waals surface area contributed by atoms with Crippen molar-refractivity contribution in [1.29, 1.82) is 0 Å². The van der Waals surface area contributed by atoms with Gasteiger partial charge in [-0.3, -0.25) is 0 Å². The normalized spacial score (nSPS) is 10.0. The second-order valence-corrected chi connectivity index (χ2v) is 5.81. The van der Waals surface area contributed by atoms with E-state index in [1.54, 1.807) is 17.8 Å². The average Bonchev–Trinajstić information content (AvgIpc) is 2.58. The summed E-state index contributed by atoms with van der Waals surface area (Å²) in [6, 6.07) is 26.0. The van der Waals surface area contributed by atoms with Crippen molar-refractivity contribution in [3.05, 3.63) is 78.9 Å². The molecule has 2 nitrogen and oxygen atoms in total. The molecule has 0 amide bonds. The zero-order valence-corrected chi connectivity index (χ0v) is 12.6. The molecule has 0 aliphatic heterocycles. The molecule has 0 unspecified atom stereocenters. The van der Waals surface area contributed by atoms with Crippen LogP contribution in [0.1, 0.15) is 0 Å². The fourth-order valence-corrected chi connectivity index (χ4v) is 3.08. The summed E-state index contributed by atoms with van der Waals surface area (Å²) >= 11 is 1.68. The van der Waals surface area contributed by atoms with Gasteiger partial charge in [0, 0.05) is 15.4 Å². The number of aliphatic imine (C=N–C) groups is 1. The van der Waals surface area contributed by atoms with Gasteiger partial charge in [-0.15, -0.1) is 0 Å². The first-order valence-corrected chi connectivity index (χ1v) is 7.69. The van der Waals surface area contributed by atoms with Gasteiger partial charge in [-0.2, -0.15) is 4.99 Å². The van der Waals surface area contributed by atoms with Gasteiger partial charge in [-0.05, 0) is 35.9 Å². The molecule has 3 heteroatoms. The Kier molecular flexibility index (Phi) is 4.50. The molecule has 0 spiro atoms.